The molecule has 0 bridgehead atoms. The number of para-hydroxylation sites is 1. The SMILES string of the molecule is Cc1cn(N=Cc2cccc3c2N(C(=O)OC(C)(C)C)CCC3)c(N)n1. The summed E-state index contributed by atoms with van der Waals surface area (Å²) >= 11 is 0. The zero-order valence-electron chi connectivity index (χ0n) is 15.7. The van der Waals surface area contributed by atoms with Gasteiger partial charge in [-0.25, -0.2) is 14.5 Å². The molecule has 0 spiro atoms. The monoisotopic (exact) mass is 355 g/mol. The lowest BCUT2D eigenvalue weighted by Gasteiger charge is -2.32. The van der Waals surface area contributed by atoms with Gasteiger partial charge >= 0.3 is 6.09 Å². The number of amides is 1. The van der Waals surface area contributed by atoms with Gasteiger partial charge in [0.05, 0.1) is 23.8 Å². The number of fused-ring (bicyclic) bond motifs is 1. The van der Waals surface area contributed by atoms with Gasteiger partial charge in [0.15, 0.2) is 0 Å². The number of carbonyl (C=O) groups is 1. The van der Waals surface area contributed by atoms with Crippen LogP contribution in [0.25, 0.3) is 0 Å². The van der Waals surface area contributed by atoms with Crippen molar-refractivity contribution in [3.05, 3.63) is 41.2 Å². The van der Waals surface area contributed by atoms with Crippen LogP contribution in [0.2, 0.25) is 0 Å². The molecule has 3 rings (SSSR count). The van der Waals surface area contributed by atoms with Crippen molar-refractivity contribution >= 4 is 23.9 Å². The van der Waals surface area contributed by atoms with Crippen LogP contribution >= 0.6 is 0 Å². The summed E-state index contributed by atoms with van der Waals surface area (Å²) in [7, 11) is 0. The summed E-state index contributed by atoms with van der Waals surface area (Å²) in [6.45, 7) is 8.09. The van der Waals surface area contributed by atoms with Crippen molar-refractivity contribution in [1.82, 2.24) is 9.66 Å². The molecule has 0 saturated carbocycles. The van der Waals surface area contributed by atoms with E-state index in [0.717, 1.165) is 35.3 Å². The lowest BCUT2D eigenvalue weighted by Crippen LogP contribution is -2.40. The zero-order valence-corrected chi connectivity index (χ0v) is 15.7. The van der Waals surface area contributed by atoms with Crippen molar-refractivity contribution in [3.8, 4) is 0 Å². The van der Waals surface area contributed by atoms with Crippen LogP contribution < -0.4 is 10.6 Å². The first-order chi connectivity index (χ1) is 12.2. The highest BCUT2D eigenvalue weighted by atomic mass is 16.6. The van der Waals surface area contributed by atoms with E-state index in [1.807, 2.05) is 45.9 Å². The molecule has 0 saturated heterocycles. The number of rotatable bonds is 2. The van der Waals surface area contributed by atoms with Gasteiger partial charge in [-0.3, -0.25) is 4.90 Å². The second-order valence-corrected chi connectivity index (χ2v) is 7.42. The van der Waals surface area contributed by atoms with Crippen LogP contribution in [0.4, 0.5) is 16.4 Å². The Bertz CT molecular complexity index is 848. The fourth-order valence-electron chi connectivity index (χ4n) is 3.01. The Balaban J connectivity index is 1.96. The largest absolute Gasteiger partial charge is 0.443 e. The van der Waals surface area contributed by atoms with Crippen molar-refractivity contribution in [1.29, 1.82) is 0 Å². The van der Waals surface area contributed by atoms with Gasteiger partial charge in [0.2, 0.25) is 5.95 Å². The molecule has 1 amide bonds. The fourth-order valence-corrected chi connectivity index (χ4v) is 3.01. The average molecular weight is 355 g/mol. The minimum atomic E-state index is -0.541. The summed E-state index contributed by atoms with van der Waals surface area (Å²) in [4.78, 5) is 18.5. The Kier molecular flexibility index (Phi) is 4.71. The van der Waals surface area contributed by atoms with E-state index in [9.17, 15) is 4.79 Å². The number of aryl methyl sites for hydroxylation is 2. The van der Waals surface area contributed by atoms with Crippen LogP contribution in [0.3, 0.4) is 0 Å². The summed E-state index contributed by atoms with van der Waals surface area (Å²) in [5.74, 6) is 0.326. The average Bonchev–Trinajstić information content (AvgIpc) is 2.88. The quantitative estimate of drug-likeness (QED) is 0.837. The summed E-state index contributed by atoms with van der Waals surface area (Å²) < 4.78 is 7.10. The third kappa shape index (κ3) is 3.87. The number of nitrogens with zero attached hydrogens (tertiary/aromatic N) is 4. The number of anilines is 2. The highest BCUT2D eigenvalue weighted by molar-refractivity contribution is 5.98. The molecular formula is C19H25N5O2. The third-order valence-electron chi connectivity index (χ3n) is 4.02. The van der Waals surface area contributed by atoms with Crippen molar-refractivity contribution in [2.45, 2.75) is 46.1 Å². The van der Waals surface area contributed by atoms with Crippen LogP contribution in [-0.4, -0.2) is 34.1 Å². The minimum absolute atomic E-state index is 0.326. The molecule has 0 fully saturated rings. The van der Waals surface area contributed by atoms with Gasteiger partial charge < -0.3 is 10.5 Å². The molecular weight excluding hydrogens is 330 g/mol. The maximum Gasteiger partial charge on any atom is 0.414 e. The lowest BCUT2D eigenvalue weighted by atomic mass is 9.98. The summed E-state index contributed by atoms with van der Waals surface area (Å²) in [5.41, 5.74) is 8.91. The van der Waals surface area contributed by atoms with E-state index in [-0.39, 0.29) is 6.09 Å². The molecule has 7 heteroatoms. The van der Waals surface area contributed by atoms with E-state index in [2.05, 4.69) is 10.1 Å². The van der Waals surface area contributed by atoms with Crippen molar-refractivity contribution in [2.75, 3.05) is 17.2 Å². The van der Waals surface area contributed by atoms with Gasteiger partial charge in [0, 0.05) is 12.1 Å². The Morgan fingerprint density at radius 1 is 1.38 bits per heavy atom. The molecule has 1 aliphatic heterocycles. The minimum Gasteiger partial charge on any atom is -0.443 e. The predicted octanol–water partition coefficient (Wildman–Crippen LogP) is 3.34. The molecule has 1 aromatic carbocycles. The summed E-state index contributed by atoms with van der Waals surface area (Å²) in [6.07, 6.45) is 4.95. The highest BCUT2D eigenvalue weighted by Crippen LogP contribution is 2.31. The van der Waals surface area contributed by atoms with Crippen LogP contribution in [-0.2, 0) is 11.2 Å². The number of hydrogen-bond acceptors (Lipinski definition) is 5. The Morgan fingerprint density at radius 3 is 2.81 bits per heavy atom. The van der Waals surface area contributed by atoms with Crippen LogP contribution in [0.15, 0.2) is 29.5 Å². The number of imidazole rings is 1. The second kappa shape index (κ2) is 6.82. The number of carbonyl (C=O) groups excluding carboxylic acids is 1. The highest BCUT2D eigenvalue weighted by Gasteiger charge is 2.28. The summed E-state index contributed by atoms with van der Waals surface area (Å²) in [5, 5.41) is 4.40. The third-order valence-corrected chi connectivity index (χ3v) is 4.02. The van der Waals surface area contributed by atoms with Crippen LogP contribution in [0.5, 0.6) is 0 Å². The number of ether oxygens (including phenoxy) is 1. The van der Waals surface area contributed by atoms with Gasteiger partial charge in [-0.2, -0.15) is 5.10 Å². The van der Waals surface area contributed by atoms with Crippen molar-refractivity contribution in [2.24, 2.45) is 5.10 Å². The molecule has 2 heterocycles. The lowest BCUT2D eigenvalue weighted by molar-refractivity contribution is 0.0578. The molecule has 0 atom stereocenters. The number of aromatic nitrogens is 2. The van der Waals surface area contributed by atoms with E-state index in [1.165, 1.54) is 4.68 Å². The van der Waals surface area contributed by atoms with Crippen LogP contribution in [0.1, 0.15) is 44.0 Å². The molecule has 2 N–H and O–H groups in total. The molecule has 1 aliphatic rings. The van der Waals surface area contributed by atoms with Crippen LogP contribution in [0, 0.1) is 6.92 Å². The van der Waals surface area contributed by atoms with Gasteiger partial charge in [-0.05, 0) is 46.1 Å². The topological polar surface area (TPSA) is 85.7 Å². The van der Waals surface area contributed by atoms with Gasteiger partial charge in [0.1, 0.15) is 5.60 Å². The van der Waals surface area contributed by atoms with Gasteiger partial charge in [-0.15, -0.1) is 0 Å². The number of benzene rings is 1. The Hall–Kier alpha value is -2.83. The molecule has 7 nitrogen and oxygen atoms in total. The van der Waals surface area contributed by atoms with E-state index >= 15 is 0 Å². The Morgan fingerprint density at radius 2 is 2.15 bits per heavy atom. The maximum atomic E-state index is 12.7. The smallest absolute Gasteiger partial charge is 0.414 e. The number of nitrogen functional groups attached to an aromatic ring is 1. The molecule has 0 radical (unpaired) electrons. The molecule has 1 aromatic heterocycles. The first kappa shape index (κ1) is 18.0. The fraction of sp³-hybridized carbons (Fsp3) is 0.421. The predicted molar refractivity (Wildman–Crippen MR) is 103 cm³/mol. The normalized spacial score (nSPS) is 14.5. The number of nitrogens with two attached hydrogens (primary N) is 1. The van der Waals surface area contributed by atoms with Crippen molar-refractivity contribution in [3.63, 3.8) is 0 Å². The zero-order chi connectivity index (χ0) is 18.9. The van der Waals surface area contributed by atoms with E-state index in [1.54, 1.807) is 17.3 Å². The molecule has 0 unspecified atom stereocenters. The Labute approximate surface area is 153 Å². The number of hydrogen-bond donors (Lipinski definition) is 1. The maximum absolute atomic E-state index is 12.7. The van der Waals surface area contributed by atoms with Gasteiger partial charge in [0.25, 0.3) is 0 Å². The van der Waals surface area contributed by atoms with E-state index in [4.69, 9.17) is 10.5 Å². The van der Waals surface area contributed by atoms with E-state index < -0.39 is 5.60 Å². The molecule has 0 aliphatic carbocycles. The van der Waals surface area contributed by atoms with Crippen molar-refractivity contribution < 1.29 is 9.53 Å². The molecule has 138 valence electrons. The second-order valence-electron chi connectivity index (χ2n) is 7.42. The summed E-state index contributed by atoms with van der Waals surface area (Å²) in [6, 6.07) is 5.95. The molecule has 2 aromatic rings. The van der Waals surface area contributed by atoms with E-state index in [0.29, 0.717) is 12.5 Å². The standard InChI is InChI=1S/C19H25N5O2/c1-13-12-24(17(20)22-13)21-11-15-8-5-7-14-9-6-10-23(16(14)15)18(25)26-19(2,3)4/h5,7-8,11-12H,6,9-10H2,1-4H3,(H2,20,22). The first-order valence-electron chi connectivity index (χ1n) is 8.73. The molecule has 26 heavy (non-hydrogen) atoms. The van der Waals surface area contributed by atoms with Gasteiger partial charge in [-0.1, -0.05) is 18.2 Å². The first-order valence-corrected chi connectivity index (χ1v) is 8.73.